The quantitative estimate of drug-likeness (QED) is 0.819. The fraction of sp³-hybridized carbons (Fsp3) is 0.667. The number of nitrogen functional groups attached to an aromatic ring is 1. The van der Waals surface area contributed by atoms with Crippen molar-refractivity contribution in [2.45, 2.75) is 45.4 Å². The number of unbranched alkanes of at least 4 members (excludes halogenated alkanes) is 1. The van der Waals surface area contributed by atoms with Crippen LogP contribution in [-0.2, 0) is 12.8 Å². The van der Waals surface area contributed by atoms with E-state index in [1.807, 2.05) is 0 Å². The average molecular weight is 220 g/mol. The number of hydrogen-bond acceptors (Lipinski definition) is 4. The maximum absolute atomic E-state index is 5.74. The van der Waals surface area contributed by atoms with Crippen molar-refractivity contribution in [1.29, 1.82) is 0 Å². The summed E-state index contributed by atoms with van der Waals surface area (Å²) in [6.07, 6.45) is 6.87. The minimum absolute atomic E-state index is 0.402. The van der Waals surface area contributed by atoms with E-state index in [-0.39, 0.29) is 0 Å². The second-order valence-corrected chi connectivity index (χ2v) is 4.34. The molecule has 0 fully saturated rings. The van der Waals surface area contributed by atoms with Crippen molar-refractivity contribution in [3.05, 3.63) is 11.3 Å². The number of fused-ring (bicyclic) bond motifs is 1. The Labute approximate surface area is 96.7 Å². The lowest BCUT2D eigenvalue weighted by atomic mass is 10.0. The Morgan fingerprint density at radius 3 is 3.00 bits per heavy atom. The van der Waals surface area contributed by atoms with Gasteiger partial charge in [-0.1, -0.05) is 13.3 Å². The fourth-order valence-electron chi connectivity index (χ4n) is 2.14. The van der Waals surface area contributed by atoms with Gasteiger partial charge in [-0.2, -0.15) is 4.98 Å². The molecule has 1 aromatic heterocycles. The molecule has 1 aromatic rings. The standard InChI is InChI=1S/C12H20N4/c1-2-3-7-10-9-6-4-5-8-14-11(9)16-12(13)15-10/h2-8H2,1H3,(H3,13,14,15,16). The highest BCUT2D eigenvalue weighted by atomic mass is 15.1. The van der Waals surface area contributed by atoms with Crippen molar-refractivity contribution in [2.75, 3.05) is 17.6 Å². The van der Waals surface area contributed by atoms with Crippen LogP contribution in [-0.4, -0.2) is 16.5 Å². The van der Waals surface area contributed by atoms with E-state index in [0.717, 1.165) is 30.9 Å². The molecule has 1 aliphatic heterocycles. The van der Waals surface area contributed by atoms with E-state index >= 15 is 0 Å². The molecular weight excluding hydrogens is 200 g/mol. The third kappa shape index (κ3) is 2.43. The Bertz CT molecular complexity index is 362. The lowest BCUT2D eigenvalue weighted by Gasteiger charge is -2.11. The zero-order valence-corrected chi connectivity index (χ0v) is 9.92. The van der Waals surface area contributed by atoms with E-state index in [1.165, 1.54) is 31.2 Å². The summed E-state index contributed by atoms with van der Waals surface area (Å²) in [5, 5.41) is 3.35. The molecule has 0 aliphatic carbocycles. The maximum atomic E-state index is 5.74. The molecule has 0 saturated carbocycles. The number of nitrogens with two attached hydrogens (primary N) is 1. The van der Waals surface area contributed by atoms with Crippen LogP contribution in [0.5, 0.6) is 0 Å². The van der Waals surface area contributed by atoms with E-state index in [1.54, 1.807) is 0 Å². The van der Waals surface area contributed by atoms with E-state index in [4.69, 9.17) is 5.73 Å². The highest BCUT2D eigenvalue weighted by molar-refractivity contribution is 5.50. The van der Waals surface area contributed by atoms with Gasteiger partial charge in [0.1, 0.15) is 5.82 Å². The summed E-state index contributed by atoms with van der Waals surface area (Å²) in [4.78, 5) is 8.69. The SMILES string of the molecule is CCCCc1nc(N)nc2c1CCCCN2. The summed E-state index contributed by atoms with van der Waals surface area (Å²) in [5.74, 6) is 1.37. The molecule has 0 saturated heterocycles. The molecule has 0 radical (unpaired) electrons. The van der Waals surface area contributed by atoms with Gasteiger partial charge in [-0.25, -0.2) is 4.98 Å². The molecule has 4 heteroatoms. The fourth-order valence-corrected chi connectivity index (χ4v) is 2.14. The molecule has 16 heavy (non-hydrogen) atoms. The van der Waals surface area contributed by atoms with Crippen LogP contribution in [0.4, 0.5) is 11.8 Å². The van der Waals surface area contributed by atoms with E-state index < -0.39 is 0 Å². The van der Waals surface area contributed by atoms with Crippen LogP contribution in [0.15, 0.2) is 0 Å². The monoisotopic (exact) mass is 220 g/mol. The second-order valence-electron chi connectivity index (χ2n) is 4.34. The Balaban J connectivity index is 2.31. The van der Waals surface area contributed by atoms with Crippen LogP contribution in [0.25, 0.3) is 0 Å². The molecule has 0 spiro atoms. The molecule has 0 amide bonds. The van der Waals surface area contributed by atoms with Crippen molar-refractivity contribution in [3.63, 3.8) is 0 Å². The molecule has 0 aromatic carbocycles. The number of nitrogens with zero attached hydrogens (tertiary/aromatic N) is 2. The van der Waals surface area contributed by atoms with E-state index in [2.05, 4.69) is 22.2 Å². The Morgan fingerprint density at radius 1 is 1.31 bits per heavy atom. The molecule has 0 bridgehead atoms. The average Bonchev–Trinajstić information content (AvgIpc) is 2.50. The molecule has 2 rings (SSSR count). The van der Waals surface area contributed by atoms with E-state index in [9.17, 15) is 0 Å². The molecule has 0 atom stereocenters. The van der Waals surface area contributed by atoms with Gasteiger partial charge < -0.3 is 11.1 Å². The highest BCUT2D eigenvalue weighted by Gasteiger charge is 2.15. The first-order valence-corrected chi connectivity index (χ1v) is 6.20. The number of aromatic nitrogens is 2. The summed E-state index contributed by atoms with van der Waals surface area (Å²) in [7, 11) is 0. The van der Waals surface area contributed by atoms with Gasteiger partial charge in [0.25, 0.3) is 0 Å². The largest absolute Gasteiger partial charge is 0.370 e. The van der Waals surface area contributed by atoms with Crippen LogP contribution < -0.4 is 11.1 Å². The summed E-state index contributed by atoms with van der Waals surface area (Å²) < 4.78 is 0. The number of aryl methyl sites for hydroxylation is 1. The molecule has 1 aliphatic rings. The van der Waals surface area contributed by atoms with Crippen LogP contribution in [0, 0.1) is 0 Å². The molecule has 4 nitrogen and oxygen atoms in total. The topological polar surface area (TPSA) is 63.8 Å². The van der Waals surface area contributed by atoms with Crippen LogP contribution in [0.2, 0.25) is 0 Å². The lowest BCUT2D eigenvalue weighted by molar-refractivity contribution is 0.744. The van der Waals surface area contributed by atoms with Crippen molar-refractivity contribution in [1.82, 2.24) is 9.97 Å². The van der Waals surface area contributed by atoms with E-state index in [0.29, 0.717) is 5.95 Å². The van der Waals surface area contributed by atoms with Gasteiger partial charge in [0, 0.05) is 12.1 Å². The van der Waals surface area contributed by atoms with Crippen LogP contribution >= 0.6 is 0 Å². The van der Waals surface area contributed by atoms with Gasteiger partial charge in [-0.05, 0) is 32.1 Å². The Hall–Kier alpha value is -1.32. The van der Waals surface area contributed by atoms with Crippen LogP contribution in [0.3, 0.4) is 0 Å². The first-order chi connectivity index (χ1) is 7.81. The molecular formula is C12H20N4. The van der Waals surface area contributed by atoms with Crippen molar-refractivity contribution in [2.24, 2.45) is 0 Å². The summed E-state index contributed by atoms with van der Waals surface area (Å²) in [5.41, 5.74) is 8.19. The minimum Gasteiger partial charge on any atom is -0.370 e. The summed E-state index contributed by atoms with van der Waals surface area (Å²) >= 11 is 0. The number of rotatable bonds is 3. The molecule has 0 unspecified atom stereocenters. The minimum atomic E-state index is 0.402. The van der Waals surface area contributed by atoms with Gasteiger partial charge in [0.2, 0.25) is 5.95 Å². The zero-order valence-electron chi connectivity index (χ0n) is 9.92. The Morgan fingerprint density at radius 2 is 2.19 bits per heavy atom. The molecule has 3 N–H and O–H groups in total. The predicted octanol–water partition coefficient (Wildman–Crippen LogP) is 2.15. The number of nitrogens with one attached hydrogen (secondary N) is 1. The molecule has 88 valence electrons. The predicted molar refractivity (Wildman–Crippen MR) is 66.5 cm³/mol. The summed E-state index contributed by atoms with van der Waals surface area (Å²) in [6, 6.07) is 0. The number of anilines is 2. The van der Waals surface area contributed by atoms with Gasteiger partial charge in [-0.15, -0.1) is 0 Å². The Kier molecular flexibility index (Phi) is 3.59. The first-order valence-electron chi connectivity index (χ1n) is 6.20. The van der Waals surface area contributed by atoms with Gasteiger partial charge in [0.05, 0.1) is 5.69 Å². The smallest absolute Gasteiger partial charge is 0.222 e. The first kappa shape index (κ1) is 11.2. The van der Waals surface area contributed by atoms with Crippen molar-refractivity contribution in [3.8, 4) is 0 Å². The van der Waals surface area contributed by atoms with Crippen LogP contribution in [0.1, 0.15) is 43.9 Å². The third-order valence-electron chi connectivity index (χ3n) is 3.02. The zero-order chi connectivity index (χ0) is 11.4. The van der Waals surface area contributed by atoms with Crippen molar-refractivity contribution >= 4 is 11.8 Å². The van der Waals surface area contributed by atoms with Gasteiger partial charge in [0.15, 0.2) is 0 Å². The van der Waals surface area contributed by atoms with Gasteiger partial charge in [-0.3, -0.25) is 0 Å². The molecule has 2 heterocycles. The number of hydrogen-bond donors (Lipinski definition) is 2. The second kappa shape index (κ2) is 5.14. The van der Waals surface area contributed by atoms with Gasteiger partial charge >= 0.3 is 0 Å². The third-order valence-corrected chi connectivity index (χ3v) is 3.02. The summed E-state index contributed by atoms with van der Waals surface area (Å²) in [6.45, 7) is 3.19. The van der Waals surface area contributed by atoms with Crippen molar-refractivity contribution < 1.29 is 0 Å². The maximum Gasteiger partial charge on any atom is 0.222 e. The normalized spacial score (nSPS) is 15.1. The lowest BCUT2D eigenvalue weighted by Crippen LogP contribution is -2.09. The highest BCUT2D eigenvalue weighted by Crippen LogP contribution is 2.24.